The molecular weight excluding hydrogens is 2050 g/mol. The molecule has 0 spiro atoms. The van der Waals surface area contributed by atoms with E-state index in [1.807, 2.05) is 36.4 Å². The van der Waals surface area contributed by atoms with Crippen LogP contribution in [0.1, 0.15) is 151 Å². The molecule has 2 unspecified atom stereocenters. The second kappa shape index (κ2) is 46.3. The Kier molecular flexibility index (Phi) is 35.4. The Labute approximate surface area is 858 Å². The van der Waals surface area contributed by atoms with Crippen molar-refractivity contribution in [3.05, 3.63) is 176 Å². The number of nitrogens with zero attached hydrogens (tertiary/aromatic N) is 1. The van der Waals surface area contributed by atoms with Crippen molar-refractivity contribution in [3.8, 4) is 68.2 Å². The van der Waals surface area contributed by atoms with Gasteiger partial charge in [-0.05, 0) is 159 Å². The van der Waals surface area contributed by atoms with Crippen LogP contribution < -0.4 is 79.3 Å². The summed E-state index contributed by atoms with van der Waals surface area (Å²) in [4.78, 5) is 203. The van der Waals surface area contributed by atoms with Gasteiger partial charge in [-0.25, -0.2) is 4.79 Å². The Balaban J connectivity index is 0.965. The first kappa shape index (κ1) is 113. The highest BCUT2D eigenvalue weighted by atomic mass is 35.5. The molecule has 48 nitrogen and oxygen atoms in total. The molecule has 53 heteroatoms. The Hall–Kier alpha value is -11.9. The van der Waals surface area contributed by atoms with Crippen LogP contribution in [0, 0.1) is 5.92 Å². The predicted octanol–water partition coefficient (Wildman–Crippen LogP) is 2.10. The smallest absolute Gasteiger partial charge is 0.360 e. The van der Waals surface area contributed by atoms with Gasteiger partial charge in [0.05, 0.1) is 53.5 Å². The van der Waals surface area contributed by atoms with E-state index in [1.54, 1.807) is 32.9 Å². The van der Waals surface area contributed by atoms with Gasteiger partial charge < -0.3 is 178 Å². The van der Waals surface area contributed by atoms with Crippen molar-refractivity contribution in [1.82, 2.24) is 52.8 Å². The van der Waals surface area contributed by atoms with Crippen molar-refractivity contribution >= 4 is 115 Å². The number of rotatable bonds is 28. The van der Waals surface area contributed by atoms with Crippen LogP contribution in [0.5, 0.6) is 46.0 Å². The number of benzene rings is 7. The predicted molar refractivity (Wildman–Crippen MR) is 520 cm³/mol. The third kappa shape index (κ3) is 26.0. The molecule has 0 aliphatic carbocycles. The zero-order valence-electron chi connectivity index (χ0n) is 80.2. The van der Waals surface area contributed by atoms with Gasteiger partial charge in [0.25, 0.3) is 0 Å². The minimum atomic E-state index is -5.66. The van der Waals surface area contributed by atoms with Gasteiger partial charge in [0.15, 0.2) is 36.2 Å². The van der Waals surface area contributed by atoms with Crippen LogP contribution in [0.15, 0.2) is 127 Å². The SMILES string of the molecule is CC(C)C[C@H](C(=O)N[C@H]1C(=O)N[C@@H](CC(N)=O)C(=O)N[C@H]2C(=O)N[C@H]3C(=O)N[C@H](C(=O)N[C@H](C(=O)O)c4cc(O)cc(O)c4-c4cc3ccc4O)[C@H](O[C@H]3C[C@](C)(N)[C@@H](O)[C@H](C)O3)c3ccc(c(Cl)c3)Oc3cc2cc(c3O[C@@H]2O[C@H](CO)[C@@H](O)[C@H](O)[C@H]2O[C@H]2C[C@](C)(NCc3ccc(-c4ccc(Cl)cc4)cc3)[C@@H](O)[C@H](C)O2)Oc2ccc(cc2Cl)[C@H]1O)N(C)C(=O)C(C)NC(=O)C(N)CCC(=O)NC(P(=O)(O)O)P(=O)(O)O. The van der Waals surface area contributed by atoms with Gasteiger partial charge in [0.1, 0.15) is 102 Å². The number of carbonyl (C=O) groups excluding carboxylic acids is 10. The van der Waals surface area contributed by atoms with Crippen molar-refractivity contribution < 1.29 is 170 Å². The van der Waals surface area contributed by atoms with E-state index in [0.717, 1.165) is 108 Å². The molecule has 7 aromatic carbocycles. The Bertz CT molecular complexity index is 6290. The first-order valence-electron chi connectivity index (χ1n) is 46.3. The van der Waals surface area contributed by atoms with E-state index in [1.165, 1.54) is 32.2 Å². The van der Waals surface area contributed by atoms with Crippen LogP contribution in [-0.2, 0) is 92.1 Å². The molecule has 0 saturated carbocycles. The number of carbonyl (C=O) groups is 11. The fraction of sp³-hybridized carbons (Fsp3) is 0.442. The fourth-order valence-corrected chi connectivity index (χ4v) is 20.8. The van der Waals surface area contributed by atoms with E-state index >= 15 is 28.8 Å². The Morgan fingerprint density at radius 1 is 0.628 bits per heavy atom. The van der Waals surface area contributed by atoms with Gasteiger partial charge >= 0.3 is 21.2 Å². The summed E-state index contributed by atoms with van der Waals surface area (Å²) in [5.41, 5.74) is 11.9. The zero-order valence-corrected chi connectivity index (χ0v) is 84.2. The van der Waals surface area contributed by atoms with E-state index in [0.29, 0.717) is 5.02 Å². The molecule has 15 rings (SSSR count). The second-order valence-corrected chi connectivity index (χ2v) is 42.9. The van der Waals surface area contributed by atoms with Crippen LogP contribution >= 0.6 is 50.0 Å². The van der Waals surface area contributed by atoms with E-state index in [9.17, 15) is 104 Å². The number of carboxylic acids is 1. The number of amides is 10. The number of hydrogen-bond donors (Lipinski definition) is 26. The van der Waals surface area contributed by atoms with E-state index in [2.05, 4.69) is 42.5 Å². The monoisotopic (exact) mass is 2160 g/mol. The highest BCUT2D eigenvalue weighted by Crippen LogP contribution is 2.59. The molecular formula is C95H114Cl3N13O35P2. The summed E-state index contributed by atoms with van der Waals surface area (Å²) in [6.45, 7) is 9.49. The maximum atomic E-state index is 16.8. The molecule has 3 saturated heterocycles. The Morgan fingerprint density at radius 2 is 1.20 bits per heavy atom. The molecule has 8 aliphatic heterocycles. The highest BCUT2D eigenvalue weighted by Gasteiger charge is 2.54. The van der Waals surface area contributed by atoms with Crippen molar-refractivity contribution in [1.29, 1.82) is 0 Å². The average Bonchev–Trinajstić information content (AvgIpc) is 0.763. The standard InChI is InChI=1S/C95H114Cl3N13O35P2/c1-38(2)25-57(111(8)90(130)39(3)103-83(123)55(99)20-24-66(117)105-93(147(133,134)135)148(136,137)138)85(125)109-73-75(118)46-16-22-60(53(97)27-46)141-62-29-48-30-63(79(62)146-92-80(77(120)76(119)64(37-112)143-92)145-68-35-95(7,82(122)41(5)140-68)102-36-42-9-11-43(12-10-42)44-13-18-49(96)19-14-44)142-61-23-17-47(28-54(61)98)78(144-67-34-94(6,101)81(121)40(4)139-67)74-89(129)108-72(91(131)132)52-31-50(113)32-59(115)69(52)51-26-45(15-21-58(51)114)70(86(126)110-74)107-87(127)71(48)106-84(124)56(33-65(100)116)104-88(73)128/h9-19,21-23,26-32,38-41,55-57,64,67-68,70-78,80-82,92-93,102,112-115,118-122H,20,24-25,33-37,99,101H2,1-8H3,(H2,100,116)(H,103,123)(H,104,128)(H,105,117)(H,106,124)(H,107,127)(H,108,129)(H,109,125)(H,110,126)(H,131,132)(H2,133,134,135)(H2,136,137,138)/t39?,40-,41-,55?,56-,57+,64+,67-,68-,70+,71+,72-,73+,74-,75+,76+,77-,78+,80+,81-,82-,92-,94-,95-/m0/s1. The summed E-state index contributed by atoms with van der Waals surface area (Å²) in [5.74, 6) is -22.1. The number of ether oxygens (including phenoxy) is 8. The molecule has 7 aromatic rings. The molecule has 0 aromatic heterocycles. The van der Waals surface area contributed by atoms with Crippen molar-refractivity contribution in [2.24, 2.45) is 23.1 Å². The zero-order chi connectivity index (χ0) is 108. The average molecular weight is 2170 g/mol. The number of carboxylic acid groups (broad SMARTS) is 1. The van der Waals surface area contributed by atoms with E-state index in [-0.39, 0.29) is 30.5 Å². The fourth-order valence-electron chi connectivity index (χ4n) is 18.1. The summed E-state index contributed by atoms with van der Waals surface area (Å²) < 4.78 is 76.7. The second-order valence-electron chi connectivity index (χ2n) is 37.8. The quantitative estimate of drug-likeness (QED) is 0.0312. The third-order valence-electron chi connectivity index (χ3n) is 26.0. The molecule has 29 N–H and O–H groups in total. The topological polar surface area (TPSA) is 769 Å². The summed E-state index contributed by atoms with van der Waals surface area (Å²) in [6, 6.07) is 8.27. The number of nitrogens with one attached hydrogen (secondary N) is 9. The van der Waals surface area contributed by atoms with Crippen molar-refractivity contribution in [3.63, 3.8) is 0 Å². The lowest BCUT2D eigenvalue weighted by molar-refractivity contribution is -0.334. The molecule has 24 atom stereocenters. The molecule has 10 amide bonds. The number of aliphatic hydroxyl groups is 6. The lowest BCUT2D eigenvalue weighted by Gasteiger charge is -2.48. The normalized spacial score (nSPS) is 27.5. The van der Waals surface area contributed by atoms with Gasteiger partial charge in [-0.1, -0.05) is 103 Å². The first-order valence-corrected chi connectivity index (χ1v) is 50.8. The van der Waals surface area contributed by atoms with Gasteiger partial charge in [-0.3, -0.25) is 57.1 Å². The number of likely N-dealkylation sites (N-methyl/N-ethyl adjacent to an activating group) is 1. The molecule has 8 heterocycles. The number of phenolic OH excluding ortho intramolecular Hbond substituents is 3. The van der Waals surface area contributed by atoms with Crippen LogP contribution in [0.25, 0.3) is 22.3 Å². The minimum absolute atomic E-state index is 0.141. The van der Waals surface area contributed by atoms with Crippen LogP contribution in [-0.4, -0.2) is 275 Å². The van der Waals surface area contributed by atoms with Crippen LogP contribution in [0.3, 0.4) is 0 Å². The number of hydrogen-bond acceptors (Lipinski definition) is 33. The maximum Gasteiger partial charge on any atom is 0.360 e. The number of phenols is 3. The number of aliphatic hydroxyl groups excluding tert-OH is 6. The summed E-state index contributed by atoms with van der Waals surface area (Å²) in [6.07, 6.45) is -26.4. The van der Waals surface area contributed by atoms with E-state index in [4.69, 9.17) is 89.9 Å². The molecule has 0 radical (unpaired) electrons. The highest BCUT2D eigenvalue weighted by molar-refractivity contribution is 7.70. The summed E-state index contributed by atoms with van der Waals surface area (Å²) >= 11 is 21.0. The van der Waals surface area contributed by atoms with Gasteiger partial charge in [-0.15, -0.1) is 0 Å². The summed E-state index contributed by atoms with van der Waals surface area (Å²) in [5, 5.41) is 139. The molecule has 11 bridgehead atoms. The van der Waals surface area contributed by atoms with Crippen LogP contribution in [0.4, 0.5) is 0 Å². The van der Waals surface area contributed by atoms with Crippen LogP contribution in [0.2, 0.25) is 15.1 Å². The largest absolute Gasteiger partial charge is 0.508 e. The summed E-state index contributed by atoms with van der Waals surface area (Å²) in [7, 11) is -10.2. The first-order chi connectivity index (χ1) is 69.4. The van der Waals surface area contributed by atoms with Crippen molar-refractivity contribution in [2.45, 2.75) is 244 Å². The number of nitrogens with two attached hydrogens (primary N) is 3. The number of fused-ring (bicyclic) bond motifs is 15. The molecule has 8 aliphatic rings. The molecule has 3 fully saturated rings. The third-order valence-corrected chi connectivity index (χ3v) is 30.2. The number of halogens is 3. The minimum Gasteiger partial charge on any atom is -0.508 e. The van der Waals surface area contributed by atoms with Crippen molar-refractivity contribution in [2.75, 3.05) is 13.7 Å². The number of aromatic hydroxyl groups is 3. The molecule has 800 valence electrons. The number of aliphatic carboxylic acids is 1. The maximum absolute atomic E-state index is 16.8. The molecule has 148 heavy (non-hydrogen) atoms. The number of primary amides is 1. The van der Waals surface area contributed by atoms with Gasteiger partial charge in [0.2, 0.25) is 76.6 Å². The van der Waals surface area contributed by atoms with E-state index < -0.39 is 353 Å². The lowest BCUT2D eigenvalue weighted by Crippen LogP contribution is -2.65. The Morgan fingerprint density at radius 3 is 1.79 bits per heavy atom. The van der Waals surface area contributed by atoms with Gasteiger partial charge in [0, 0.05) is 71.7 Å². The van der Waals surface area contributed by atoms with Gasteiger partial charge in [-0.2, -0.15) is 0 Å². The lowest BCUT2D eigenvalue weighted by atomic mass is 9.84.